The second-order valence-electron chi connectivity index (χ2n) is 17.8. The third-order valence-corrected chi connectivity index (χ3v) is 15.3. The van der Waals surface area contributed by atoms with E-state index in [0.29, 0.717) is 16.2 Å². The van der Waals surface area contributed by atoms with Crippen molar-refractivity contribution in [2.75, 3.05) is 5.75 Å². The molecule has 0 radical (unpaired) electrons. The zero-order valence-electron chi connectivity index (χ0n) is 29.2. The van der Waals surface area contributed by atoms with Gasteiger partial charge in [0, 0.05) is 0 Å². The summed E-state index contributed by atoms with van der Waals surface area (Å²) in [6, 6.07) is 0. The van der Waals surface area contributed by atoms with Gasteiger partial charge in [-0.2, -0.15) is 12.6 Å². The Morgan fingerprint density at radius 1 is 0.675 bits per heavy atom. The SMILES string of the molecule is CCC1CCCCCCCCC2CCC(C)C3(C)C(CCCC(C)(C)C1)CC(C)(CS)C(C)(C)C(C)CC(C)C23. The first-order chi connectivity index (χ1) is 18.7. The van der Waals surface area contributed by atoms with E-state index in [1.54, 1.807) is 0 Å². The molecule has 3 aliphatic carbocycles. The van der Waals surface area contributed by atoms with Gasteiger partial charge in [0.05, 0.1) is 0 Å². The van der Waals surface area contributed by atoms with Gasteiger partial charge >= 0.3 is 0 Å². The molecule has 3 aliphatic rings. The normalized spacial score (nSPS) is 44.3. The molecule has 4 bridgehead atoms. The lowest BCUT2D eigenvalue weighted by Gasteiger charge is -2.58. The number of thiol groups is 1. The minimum Gasteiger partial charge on any atom is -0.179 e. The van der Waals surface area contributed by atoms with Crippen molar-refractivity contribution in [1.82, 2.24) is 0 Å². The number of hydrogen-bond acceptors (Lipinski definition) is 1. The molecule has 0 N–H and O–H groups in total. The lowest BCUT2D eigenvalue weighted by atomic mass is 9.47. The summed E-state index contributed by atoms with van der Waals surface area (Å²) in [5.41, 5.74) is 1.52. The molecule has 236 valence electrons. The molecule has 3 saturated carbocycles. The van der Waals surface area contributed by atoms with Gasteiger partial charge in [0.15, 0.2) is 0 Å². The van der Waals surface area contributed by atoms with Crippen molar-refractivity contribution in [3.8, 4) is 0 Å². The fourth-order valence-corrected chi connectivity index (χ4v) is 11.4. The van der Waals surface area contributed by atoms with Crippen LogP contribution in [0.25, 0.3) is 0 Å². The summed E-state index contributed by atoms with van der Waals surface area (Å²) in [6.45, 7) is 26.3. The Kier molecular flexibility index (Phi) is 12.6. The minimum absolute atomic E-state index is 0.282. The van der Waals surface area contributed by atoms with Crippen molar-refractivity contribution in [2.45, 2.75) is 178 Å². The van der Waals surface area contributed by atoms with Crippen LogP contribution in [0.15, 0.2) is 0 Å². The van der Waals surface area contributed by atoms with Crippen molar-refractivity contribution >= 4 is 12.6 Å². The summed E-state index contributed by atoms with van der Waals surface area (Å²) in [5, 5.41) is 0. The monoisotopic (exact) mass is 575 g/mol. The van der Waals surface area contributed by atoms with E-state index < -0.39 is 0 Å². The van der Waals surface area contributed by atoms with Crippen molar-refractivity contribution in [3.63, 3.8) is 0 Å². The van der Waals surface area contributed by atoms with Gasteiger partial charge in [-0.15, -0.1) is 0 Å². The van der Waals surface area contributed by atoms with Gasteiger partial charge in [-0.05, 0) is 114 Å². The van der Waals surface area contributed by atoms with Gasteiger partial charge in [0.25, 0.3) is 0 Å². The van der Waals surface area contributed by atoms with Gasteiger partial charge in [-0.25, -0.2) is 0 Å². The molecular formula is C39H74S. The Morgan fingerprint density at radius 3 is 1.93 bits per heavy atom. The maximum absolute atomic E-state index is 5.14. The molecule has 0 spiro atoms. The van der Waals surface area contributed by atoms with Gasteiger partial charge in [0.2, 0.25) is 0 Å². The van der Waals surface area contributed by atoms with Gasteiger partial charge in [0.1, 0.15) is 0 Å². The first kappa shape index (κ1) is 34.8. The molecular weight excluding hydrogens is 500 g/mol. The highest BCUT2D eigenvalue weighted by Crippen LogP contribution is 2.64. The maximum Gasteiger partial charge on any atom is -0.00385 e. The third-order valence-electron chi connectivity index (χ3n) is 14.6. The van der Waals surface area contributed by atoms with E-state index >= 15 is 0 Å². The number of hydrogen-bond donors (Lipinski definition) is 1. The lowest BCUT2D eigenvalue weighted by Crippen LogP contribution is -2.51. The molecule has 0 aromatic carbocycles. The van der Waals surface area contributed by atoms with Crippen LogP contribution in [0, 0.1) is 63.1 Å². The third kappa shape index (κ3) is 7.70. The Morgan fingerprint density at radius 2 is 1.30 bits per heavy atom. The molecule has 0 aliphatic heterocycles. The molecule has 3 fully saturated rings. The van der Waals surface area contributed by atoms with Gasteiger partial charge in [-0.3, -0.25) is 0 Å². The van der Waals surface area contributed by atoms with E-state index in [1.807, 2.05) is 0 Å². The highest BCUT2D eigenvalue weighted by atomic mass is 32.1. The van der Waals surface area contributed by atoms with Crippen molar-refractivity contribution in [3.05, 3.63) is 0 Å². The fourth-order valence-electron chi connectivity index (χ4n) is 10.9. The minimum atomic E-state index is 0.282. The smallest absolute Gasteiger partial charge is 0.00385 e. The molecule has 0 nitrogen and oxygen atoms in total. The first-order valence-corrected chi connectivity index (χ1v) is 19.0. The summed E-state index contributed by atoms with van der Waals surface area (Å²) in [5.74, 6) is 7.00. The summed E-state index contributed by atoms with van der Waals surface area (Å²) in [4.78, 5) is 0. The first-order valence-electron chi connectivity index (χ1n) is 18.3. The second kappa shape index (κ2) is 14.4. The molecule has 1 heteroatoms. The Bertz CT molecular complexity index is 752. The molecule has 9 atom stereocenters. The highest BCUT2D eigenvalue weighted by molar-refractivity contribution is 7.80. The van der Waals surface area contributed by atoms with Crippen molar-refractivity contribution in [1.29, 1.82) is 0 Å². The topological polar surface area (TPSA) is 0 Å². The van der Waals surface area contributed by atoms with Crippen LogP contribution >= 0.6 is 12.6 Å². The molecule has 0 aromatic rings. The average Bonchev–Trinajstić information content (AvgIpc) is 2.90. The molecule has 9 unspecified atom stereocenters. The lowest BCUT2D eigenvalue weighted by molar-refractivity contribution is -0.0885. The van der Waals surface area contributed by atoms with Crippen LogP contribution in [0.4, 0.5) is 0 Å². The Labute approximate surface area is 259 Å². The second-order valence-corrected chi connectivity index (χ2v) is 18.1. The molecule has 0 heterocycles. The summed E-state index contributed by atoms with van der Waals surface area (Å²) >= 11 is 5.14. The molecule has 0 saturated heterocycles. The average molecular weight is 575 g/mol. The van der Waals surface area contributed by atoms with Crippen molar-refractivity contribution in [2.24, 2.45) is 63.1 Å². The van der Waals surface area contributed by atoms with Crippen LogP contribution < -0.4 is 0 Å². The van der Waals surface area contributed by atoms with Crippen LogP contribution in [0.3, 0.4) is 0 Å². The van der Waals surface area contributed by atoms with Crippen LogP contribution in [-0.2, 0) is 0 Å². The fraction of sp³-hybridized carbons (Fsp3) is 1.00. The van der Waals surface area contributed by atoms with E-state index in [2.05, 4.69) is 69.2 Å². The zero-order valence-corrected chi connectivity index (χ0v) is 30.1. The number of rotatable bonds is 2. The van der Waals surface area contributed by atoms with Crippen LogP contribution in [0.2, 0.25) is 0 Å². The van der Waals surface area contributed by atoms with E-state index in [-0.39, 0.29) is 5.41 Å². The summed E-state index contributed by atoms with van der Waals surface area (Å²) in [7, 11) is 0. The van der Waals surface area contributed by atoms with E-state index in [1.165, 1.54) is 109 Å². The highest BCUT2D eigenvalue weighted by Gasteiger charge is 2.56. The Hall–Kier alpha value is 0.350. The summed E-state index contributed by atoms with van der Waals surface area (Å²) < 4.78 is 0. The van der Waals surface area contributed by atoms with E-state index in [0.717, 1.165) is 47.2 Å². The molecule has 3 rings (SSSR count). The van der Waals surface area contributed by atoms with Gasteiger partial charge < -0.3 is 0 Å². The van der Waals surface area contributed by atoms with Gasteiger partial charge in [-0.1, -0.05) is 133 Å². The molecule has 0 aromatic heterocycles. The van der Waals surface area contributed by atoms with E-state index in [4.69, 9.17) is 12.6 Å². The standard InChI is InChI=1S/C39H74S/c1-11-32-19-16-14-12-13-15-17-20-33-23-22-30(3)39(10)34(21-18-24-36(5,6)26-32)27-38(9,28-40)37(7,8)31(4)25-29(2)35(33)39/h29-35,40H,11-28H2,1-10H3. The molecule has 40 heavy (non-hydrogen) atoms. The summed E-state index contributed by atoms with van der Waals surface area (Å²) in [6.07, 6.45) is 24.6. The van der Waals surface area contributed by atoms with Crippen LogP contribution in [-0.4, -0.2) is 5.75 Å². The quantitative estimate of drug-likeness (QED) is 0.311. The van der Waals surface area contributed by atoms with E-state index in [9.17, 15) is 0 Å². The van der Waals surface area contributed by atoms with Crippen LogP contribution in [0.1, 0.15) is 178 Å². The zero-order chi connectivity index (χ0) is 29.8. The maximum atomic E-state index is 5.14. The van der Waals surface area contributed by atoms with Crippen molar-refractivity contribution < 1.29 is 0 Å². The molecule has 0 amide bonds. The predicted molar refractivity (Wildman–Crippen MR) is 183 cm³/mol. The van der Waals surface area contributed by atoms with Crippen LogP contribution in [0.5, 0.6) is 0 Å². The largest absolute Gasteiger partial charge is 0.179 e. The predicted octanol–water partition coefficient (Wildman–Crippen LogP) is 13.0. The Balaban J connectivity index is 2.03.